The van der Waals surface area contributed by atoms with Gasteiger partial charge in [0.25, 0.3) is 0 Å². The highest BCUT2D eigenvalue weighted by Gasteiger charge is 2.30. The Bertz CT molecular complexity index is 707. The first kappa shape index (κ1) is 14.0. The summed E-state index contributed by atoms with van der Waals surface area (Å²) in [7, 11) is 0. The fourth-order valence-electron chi connectivity index (χ4n) is 2.29. The molecule has 3 rings (SSSR count). The Morgan fingerprint density at radius 3 is 2.50 bits per heavy atom. The average Bonchev–Trinajstić information content (AvgIpc) is 3.15. The zero-order valence-electron chi connectivity index (χ0n) is 10.2. The lowest BCUT2D eigenvalue weighted by atomic mass is 10.1. The molecule has 0 amide bonds. The molecule has 104 valence electrons. The van der Waals surface area contributed by atoms with E-state index in [2.05, 4.69) is 15.9 Å². The standard InChI is InChI=1S/C14H10BrCl2NO2/c15-9-4-3-8(12(16)13(9)17)10-5-6-11(14(19)20)18(10)7-1-2-7/h3-7H,1-2H2,(H,19,20). The van der Waals surface area contributed by atoms with Crippen LogP contribution < -0.4 is 0 Å². The normalized spacial score (nSPS) is 14.6. The van der Waals surface area contributed by atoms with E-state index in [0.717, 1.165) is 28.6 Å². The van der Waals surface area contributed by atoms with Gasteiger partial charge in [-0.1, -0.05) is 29.3 Å². The van der Waals surface area contributed by atoms with Gasteiger partial charge in [-0.05, 0) is 47.0 Å². The van der Waals surface area contributed by atoms with Crippen molar-refractivity contribution in [3.05, 3.63) is 44.5 Å². The Hall–Kier alpha value is -0.970. The number of halogens is 3. The molecule has 1 saturated carbocycles. The van der Waals surface area contributed by atoms with Crippen molar-refractivity contribution in [2.24, 2.45) is 0 Å². The topological polar surface area (TPSA) is 42.2 Å². The Morgan fingerprint density at radius 2 is 1.90 bits per heavy atom. The van der Waals surface area contributed by atoms with Crippen LogP contribution in [0.5, 0.6) is 0 Å². The summed E-state index contributed by atoms with van der Waals surface area (Å²) in [5.41, 5.74) is 1.83. The molecule has 1 aliphatic rings. The number of carbonyl (C=O) groups is 1. The van der Waals surface area contributed by atoms with Crippen LogP contribution in [0.4, 0.5) is 0 Å². The maximum atomic E-state index is 11.3. The molecule has 0 bridgehead atoms. The number of nitrogens with zero attached hydrogens (tertiary/aromatic N) is 1. The van der Waals surface area contributed by atoms with Crippen molar-refractivity contribution in [1.29, 1.82) is 0 Å². The SMILES string of the molecule is O=C(O)c1ccc(-c2ccc(Br)c(Cl)c2Cl)n1C1CC1. The second-order valence-electron chi connectivity index (χ2n) is 4.73. The zero-order valence-corrected chi connectivity index (χ0v) is 13.3. The van der Waals surface area contributed by atoms with Crippen molar-refractivity contribution >= 4 is 45.1 Å². The van der Waals surface area contributed by atoms with E-state index in [1.165, 1.54) is 0 Å². The monoisotopic (exact) mass is 373 g/mol. The zero-order chi connectivity index (χ0) is 14.4. The van der Waals surface area contributed by atoms with Crippen LogP contribution in [0.2, 0.25) is 10.0 Å². The number of aromatic nitrogens is 1. The van der Waals surface area contributed by atoms with Crippen LogP contribution in [0.1, 0.15) is 29.4 Å². The number of carboxylic acid groups (broad SMARTS) is 1. The number of rotatable bonds is 3. The van der Waals surface area contributed by atoms with Gasteiger partial charge in [-0.25, -0.2) is 4.79 Å². The van der Waals surface area contributed by atoms with Crippen molar-refractivity contribution in [2.45, 2.75) is 18.9 Å². The molecule has 20 heavy (non-hydrogen) atoms. The highest BCUT2D eigenvalue weighted by atomic mass is 79.9. The fraction of sp³-hybridized carbons (Fsp3) is 0.214. The minimum atomic E-state index is -0.928. The molecule has 3 nitrogen and oxygen atoms in total. The second kappa shape index (κ2) is 5.10. The molecule has 0 spiro atoms. The van der Waals surface area contributed by atoms with Crippen molar-refractivity contribution in [3.8, 4) is 11.3 Å². The van der Waals surface area contributed by atoms with Gasteiger partial charge in [-0.2, -0.15) is 0 Å². The third kappa shape index (κ3) is 2.26. The Labute approximate surface area is 134 Å². The van der Waals surface area contributed by atoms with E-state index in [9.17, 15) is 9.90 Å². The lowest BCUT2D eigenvalue weighted by Gasteiger charge is -2.13. The molecule has 0 unspecified atom stereocenters. The number of hydrogen-bond acceptors (Lipinski definition) is 1. The van der Waals surface area contributed by atoms with E-state index < -0.39 is 5.97 Å². The molecule has 0 atom stereocenters. The molecular weight excluding hydrogens is 365 g/mol. The Kier molecular flexibility index (Phi) is 3.56. The van der Waals surface area contributed by atoms with E-state index >= 15 is 0 Å². The number of carboxylic acids is 1. The molecule has 1 aromatic heterocycles. The Balaban J connectivity index is 2.20. The van der Waals surface area contributed by atoms with Crippen LogP contribution in [-0.2, 0) is 0 Å². The van der Waals surface area contributed by atoms with Gasteiger partial charge in [0.05, 0.1) is 15.7 Å². The quantitative estimate of drug-likeness (QED) is 0.744. The molecule has 6 heteroatoms. The number of benzene rings is 1. The first-order chi connectivity index (χ1) is 9.50. The van der Waals surface area contributed by atoms with Gasteiger partial charge in [-0.15, -0.1) is 0 Å². The average molecular weight is 375 g/mol. The molecule has 1 aliphatic carbocycles. The Morgan fingerprint density at radius 1 is 1.20 bits per heavy atom. The molecule has 1 N–H and O–H groups in total. The van der Waals surface area contributed by atoms with E-state index in [0.29, 0.717) is 10.0 Å². The lowest BCUT2D eigenvalue weighted by Crippen LogP contribution is -2.08. The summed E-state index contributed by atoms with van der Waals surface area (Å²) in [6.45, 7) is 0. The van der Waals surface area contributed by atoms with Crippen LogP contribution in [0.25, 0.3) is 11.3 Å². The van der Waals surface area contributed by atoms with E-state index in [4.69, 9.17) is 23.2 Å². The molecule has 1 aromatic carbocycles. The van der Waals surface area contributed by atoms with Crippen molar-refractivity contribution in [1.82, 2.24) is 4.57 Å². The molecule has 0 aliphatic heterocycles. The van der Waals surface area contributed by atoms with Gasteiger partial charge in [0.2, 0.25) is 0 Å². The highest BCUT2D eigenvalue weighted by Crippen LogP contribution is 2.44. The predicted octanol–water partition coefficient (Wildman–Crippen LogP) is 5.26. The fourth-order valence-corrected chi connectivity index (χ4v) is 3.16. The third-order valence-corrected chi connectivity index (χ3v) is 5.13. The molecule has 0 saturated heterocycles. The molecule has 0 radical (unpaired) electrons. The van der Waals surface area contributed by atoms with E-state index in [1.54, 1.807) is 12.1 Å². The van der Waals surface area contributed by atoms with Gasteiger partial charge in [-0.3, -0.25) is 0 Å². The van der Waals surface area contributed by atoms with Crippen LogP contribution in [0.3, 0.4) is 0 Å². The maximum absolute atomic E-state index is 11.3. The van der Waals surface area contributed by atoms with Gasteiger partial charge in [0.15, 0.2) is 0 Å². The van der Waals surface area contributed by atoms with E-state index in [1.807, 2.05) is 16.7 Å². The van der Waals surface area contributed by atoms with Gasteiger partial charge < -0.3 is 9.67 Å². The molecule has 2 aromatic rings. The third-order valence-electron chi connectivity index (χ3n) is 3.36. The first-order valence-corrected chi connectivity index (χ1v) is 7.64. The summed E-state index contributed by atoms with van der Waals surface area (Å²) in [5.74, 6) is -0.928. The van der Waals surface area contributed by atoms with Crippen LogP contribution in [0.15, 0.2) is 28.7 Å². The molecular formula is C14H10BrCl2NO2. The second-order valence-corrected chi connectivity index (χ2v) is 6.34. The van der Waals surface area contributed by atoms with Gasteiger partial charge in [0, 0.05) is 16.1 Å². The molecule has 1 fully saturated rings. The number of hydrogen-bond donors (Lipinski definition) is 1. The summed E-state index contributed by atoms with van der Waals surface area (Å²) in [4.78, 5) is 11.3. The van der Waals surface area contributed by atoms with Crippen molar-refractivity contribution in [3.63, 3.8) is 0 Å². The summed E-state index contributed by atoms with van der Waals surface area (Å²) in [6, 6.07) is 7.30. The summed E-state index contributed by atoms with van der Waals surface area (Å²) >= 11 is 15.8. The summed E-state index contributed by atoms with van der Waals surface area (Å²) in [5, 5.41) is 10.1. The van der Waals surface area contributed by atoms with E-state index in [-0.39, 0.29) is 11.7 Å². The molecule has 1 heterocycles. The van der Waals surface area contributed by atoms with Gasteiger partial charge >= 0.3 is 5.97 Å². The lowest BCUT2D eigenvalue weighted by molar-refractivity contribution is 0.0685. The van der Waals surface area contributed by atoms with Crippen LogP contribution >= 0.6 is 39.1 Å². The largest absolute Gasteiger partial charge is 0.477 e. The minimum absolute atomic E-state index is 0.240. The number of aromatic carboxylic acids is 1. The van der Waals surface area contributed by atoms with Gasteiger partial charge in [0.1, 0.15) is 5.69 Å². The van der Waals surface area contributed by atoms with Crippen LogP contribution in [-0.4, -0.2) is 15.6 Å². The maximum Gasteiger partial charge on any atom is 0.352 e. The summed E-state index contributed by atoms with van der Waals surface area (Å²) < 4.78 is 2.56. The summed E-state index contributed by atoms with van der Waals surface area (Å²) in [6.07, 6.45) is 1.98. The highest BCUT2D eigenvalue weighted by molar-refractivity contribution is 9.10. The van der Waals surface area contributed by atoms with Crippen LogP contribution in [0, 0.1) is 0 Å². The van der Waals surface area contributed by atoms with Crippen molar-refractivity contribution < 1.29 is 9.90 Å². The van der Waals surface area contributed by atoms with Crippen molar-refractivity contribution in [2.75, 3.05) is 0 Å². The smallest absolute Gasteiger partial charge is 0.352 e. The minimum Gasteiger partial charge on any atom is -0.477 e. The first-order valence-electron chi connectivity index (χ1n) is 6.09. The predicted molar refractivity (Wildman–Crippen MR) is 82.8 cm³/mol.